The van der Waals surface area contributed by atoms with Gasteiger partial charge < -0.3 is 0 Å². The van der Waals surface area contributed by atoms with E-state index in [1.807, 2.05) is 54.6 Å². The van der Waals surface area contributed by atoms with Crippen molar-refractivity contribution in [3.63, 3.8) is 0 Å². The second kappa shape index (κ2) is 3.98. The first-order valence-corrected chi connectivity index (χ1v) is 7.15. The SMILES string of the molecule is O=C1c2ccccc2-c2nc3ccc4ncccc4c3cc21. The van der Waals surface area contributed by atoms with Crippen LogP contribution < -0.4 is 0 Å². The monoisotopic (exact) mass is 282 g/mol. The molecule has 0 amide bonds. The van der Waals surface area contributed by atoms with Crippen LogP contribution in [0.15, 0.2) is 60.8 Å². The maximum Gasteiger partial charge on any atom is 0.195 e. The predicted octanol–water partition coefficient (Wildman–Crippen LogP) is 3.99. The normalized spacial score (nSPS) is 12.6. The van der Waals surface area contributed by atoms with E-state index in [0.717, 1.165) is 38.6 Å². The number of carbonyl (C=O) groups is 1. The molecule has 0 N–H and O–H groups in total. The quantitative estimate of drug-likeness (QED) is 0.403. The van der Waals surface area contributed by atoms with E-state index in [9.17, 15) is 4.79 Å². The minimum absolute atomic E-state index is 0.0564. The topological polar surface area (TPSA) is 42.9 Å². The molecule has 0 aliphatic heterocycles. The molecule has 5 rings (SSSR count). The van der Waals surface area contributed by atoms with Gasteiger partial charge in [0.1, 0.15) is 0 Å². The van der Waals surface area contributed by atoms with E-state index in [2.05, 4.69) is 4.98 Å². The summed E-state index contributed by atoms with van der Waals surface area (Å²) in [4.78, 5) is 21.7. The first-order chi connectivity index (χ1) is 10.8. The molecule has 3 heteroatoms. The molecule has 2 aromatic heterocycles. The Balaban J connectivity index is 1.94. The summed E-state index contributed by atoms with van der Waals surface area (Å²) >= 11 is 0. The van der Waals surface area contributed by atoms with Crippen LogP contribution in [0.3, 0.4) is 0 Å². The lowest BCUT2D eigenvalue weighted by molar-refractivity contribution is 0.104. The van der Waals surface area contributed by atoms with Crippen molar-refractivity contribution in [2.24, 2.45) is 0 Å². The number of fused-ring (bicyclic) bond motifs is 6. The molecule has 0 atom stereocenters. The second-order valence-electron chi connectivity index (χ2n) is 5.46. The van der Waals surface area contributed by atoms with Gasteiger partial charge in [-0.15, -0.1) is 0 Å². The Labute approximate surface area is 126 Å². The number of aromatic nitrogens is 2. The van der Waals surface area contributed by atoms with Gasteiger partial charge in [0.2, 0.25) is 0 Å². The number of hydrogen-bond acceptors (Lipinski definition) is 3. The van der Waals surface area contributed by atoms with Crippen molar-refractivity contribution in [3.05, 3.63) is 71.9 Å². The zero-order valence-electron chi connectivity index (χ0n) is 11.6. The molecule has 0 unspecified atom stereocenters. The molecule has 1 aliphatic carbocycles. The Morgan fingerprint density at radius 1 is 0.727 bits per heavy atom. The Hall–Kier alpha value is -3.07. The second-order valence-corrected chi connectivity index (χ2v) is 5.46. The minimum atomic E-state index is 0.0564. The molecule has 0 saturated heterocycles. The summed E-state index contributed by atoms with van der Waals surface area (Å²) in [5.74, 6) is 0.0564. The van der Waals surface area contributed by atoms with E-state index >= 15 is 0 Å². The smallest absolute Gasteiger partial charge is 0.195 e. The van der Waals surface area contributed by atoms with E-state index in [4.69, 9.17) is 4.98 Å². The van der Waals surface area contributed by atoms with Crippen LogP contribution in [0, 0.1) is 0 Å². The maximum absolute atomic E-state index is 12.6. The van der Waals surface area contributed by atoms with Crippen LogP contribution in [-0.4, -0.2) is 15.8 Å². The van der Waals surface area contributed by atoms with Crippen molar-refractivity contribution < 1.29 is 4.79 Å². The molecule has 2 aromatic carbocycles. The molecule has 102 valence electrons. The molecule has 0 radical (unpaired) electrons. The molecule has 0 saturated carbocycles. The van der Waals surface area contributed by atoms with Crippen molar-refractivity contribution >= 4 is 27.6 Å². The number of hydrogen-bond donors (Lipinski definition) is 0. The van der Waals surface area contributed by atoms with Crippen molar-refractivity contribution in [2.45, 2.75) is 0 Å². The molecule has 3 nitrogen and oxygen atoms in total. The molecule has 0 bridgehead atoms. The van der Waals surface area contributed by atoms with Gasteiger partial charge in [-0.25, -0.2) is 4.98 Å². The zero-order valence-corrected chi connectivity index (χ0v) is 11.6. The molecule has 2 heterocycles. The predicted molar refractivity (Wildman–Crippen MR) is 85.9 cm³/mol. The van der Waals surface area contributed by atoms with Gasteiger partial charge in [-0.2, -0.15) is 0 Å². The van der Waals surface area contributed by atoms with Crippen LogP contribution in [0.2, 0.25) is 0 Å². The van der Waals surface area contributed by atoms with Crippen LogP contribution in [0.25, 0.3) is 33.1 Å². The van der Waals surface area contributed by atoms with Crippen molar-refractivity contribution in [1.29, 1.82) is 0 Å². The third-order valence-corrected chi connectivity index (χ3v) is 4.25. The van der Waals surface area contributed by atoms with Crippen LogP contribution in [0.1, 0.15) is 15.9 Å². The van der Waals surface area contributed by atoms with Crippen LogP contribution >= 0.6 is 0 Å². The average Bonchev–Trinajstić information content (AvgIpc) is 2.86. The number of benzene rings is 2. The first-order valence-electron chi connectivity index (χ1n) is 7.15. The van der Waals surface area contributed by atoms with Gasteiger partial charge in [0.05, 0.1) is 16.7 Å². The molecule has 22 heavy (non-hydrogen) atoms. The lowest BCUT2D eigenvalue weighted by Gasteiger charge is -2.05. The average molecular weight is 282 g/mol. The lowest BCUT2D eigenvalue weighted by atomic mass is 10.0. The summed E-state index contributed by atoms with van der Waals surface area (Å²) < 4.78 is 0. The summed E-state index contributed by atoms with van der Waals surface area (Å²) in [6.45, 7) is 0. The Morgan fingerprint density at radius 3 is 2.45 bits per heavy atom. The summed E-state index contributed by atoms with van der Waals surface area (Å²) in [7, 11) is 0. The standard InChI is InChI=1S/C19H10N2O/c22-19-13-5-2-1-4-12(13)18-15(19)10-14-11-6-3-9-20-16(11)7-8-17(14)21-18/h1-10H. The van der Waals surface area contributed by atoms with Gasteiger partial charge in [0.25, 0.3) is 0 Å². The molecular weight excluding hydrogens is 272 g/mol. The zero-order chi connectivity index (χ0) is 14.7. The number of pyridine rings is 2. The van der Waals surface area contributed by atoms with E-state index in [1.165, 1.54) is 0 Å². The summed E-state index contributed by atoms with van der Waals surface area (Å²) in [6.07, 6.45) is 1.77. The highest BCUT2D eigenvalue weighted by Crippen LogP contribution is 2.37. The third-order valence-electron chi connectivity index (χ3n) is 4.25. The lowest BCUT2D eigenvalue weighted by Crippen LogP contribution is -1.96. The van der Waals surface area contributed by atoms with Crippen LogP contribution in [-0.2, 0) is 0 Å². The Kier molecular flexibility index (Phi) is 2.09. The third kappa shape index (κ3) is 1.37. The van der Waals surface area contributed by atoms with E-state index in [-0.39, 0.29) is 5.78 Å². The summed E-state index contributed by atoms with van der Waals surface area (Å²) in [5.41, 5.74) is 4.95. The minimum Gasteiger partial charge on any atom is -0.289 e. The fourth-order valence-corrected chi connectivity index (χ4v) is 3.22. The van der Waals surface area contributed by atoms with Gasteiger partial charge in [0, 0.05) is 33.7 Å². The maximum atomic E-state index is 12.6. The molecule has 0 fully saturated rings. The number of ketones is 1. The number of rotatable bonds is 0. The first kappa shape index (κ1) is 11.6. The fraction of sp³-hybridized carbons (Fsp3) is 0. The molecule has 1 aliphatic rings. The van der Waals surface area contributed by atoms with Gasteiger partial charge >= 0.3 is 0 Å². The summed E-state index contributed by atoms with van der Waals surface area (Å²) in [6, 6.07) is 17.5. The van der Waals surface area contributed by atoms with Gasteiger partial charge in [-0.3, -0.25) is 9.78 Å². The van der Waals surface area contributed by atoms with E-state index in [0.29, 0.717) is 5.56 Å². The van der Waals surface area contributed by atoms with Gasteiger partial charge in [0.15, 0.2) is 5.78 Å². The van der Waals surface area contributed by atoms with Crippen LogP contribution in [0.4, 0.5) is 0 Å². The molecular formula is C19H10N2O. The highest BCUT2D eigenvalue weighted by Gasteiger charge is 2.28. The van der Waals surface area contributed by atoms with Crippen LogP contribution in [0.5, 0.6) is 0 Å². The highest BCUT2D eigenvalue weighted by molar-refractivity contribution is 6.23. The number of carbonyl (C=O) groups excluding carboxylic acids is 1. The fourth-order valence-electron chi connectivity index (χ4n) is 3.22. The summed E-state index contributed by atoms with van der Waals surface area (Å²) in [5, 5.41) is 2.00. The van der Waals surface area contributed by atoms with E-state index < -0.39 is 0 Å². The Morgan fingerprint density at radius 2 is 1.55 bits per heavy atom. The molecule has 4 aromatic rings. The largest absolute Gasteiger partial charge is 0.289 e. The van der Waals surface area contributed by atoms with Gasteiger partial charge in [-0.05, 0) is 24.3 Å². The molecule has 0 spiro atoms. The highest BCUT2D eigenvalue weighted by atomic mass is 16.1. The Bertz CT molecular complexity index is 1100. The van der Waals surface area contributed by atoms with Crippen molar-refractivity contribution in [2.75, 3.05) is 0 Å². The van der Waals surface area contributed by atoms with Gasteiger partial charge in [-0.1, -0.05) is 30.3 Å². The van der Waals surface area contributed by atoms with E-state index in [1.54, 1.807) is 6.20 Å². The van der Waals surface area contributed by atoms with Crippen molar-refractivity contribution in [3.8, 4) is 11.3 Å². The van der Waals surface area contributed by atoms with Crippen molar-refractivity contribution in [1.82, 2.24) is 9.97 Å². The number of nitrogens with zero attached hydrogens (tertiary/aromatic N) is 2.